The average molecular weight is 529 g/mol. The molecule has 1 atom stereocenters. The summed E-state index contributed by atoms with van der Waals surface area (Å²) in [7, 11) is 1.57. The van der Waals surface area contributed by atoms with Crippen LogP contribution in [0.15, 0.2) is 52.5 Å². The van der Waals surface area contributed by atoms with E-state index in [1.807, 2.05) is 31.2 Å². The Morgan fingerprint density at radius 2 is 1.82 bits per heavy atom. The number of rotatable bonds is 7. The Hall–Kier alpha value is -2.68. The van der Waals surface area contributed by atoms with Gasteiger partial charge in [0.1, 0.15) is 11.5 Å². The third-order valence-corrected chi connectivity index (χ3v) is 6.92. The lowest BCUT2D eigenvalue weighted by Gasteiger charge is -2.29. The molecule has 1 unspecified atom stereocenters. The van der Waals surface area contributed by atoms with Crippen LogP contribution in [0.25, 0.3) is 5.76 Å². The Kier molecular flexibility index (Phi) is 7.70. The van der Waals surface area contributed by atoms with Crippen molar-refractivity contribution >= 4 is 33.4 Å². The van der Waals surface area contributed by atoms with Gasteiger partial charge in [0, 0.05) is 36.2 Å². The summed E-state index contributed by atoms with van der Waals surface area (Å²) in [5.41, 5.74) is 2.16. The van der Waals surface area contributed by atoms with Crippen molar-refractivity contribution in [1.82, 2.24) is 9.80 Å². The third kappa shape index (κ3) is 5.04. The number of amides is 1. The van der Waals surface area contributed by atoms with E-state index < -0.39 is 17.7 Å². The fourth-order valence-electron chi connectivity index (χ4n) is 4.57. The summed E-state index contributed by atoms with van der Waals surface area (Å²) in [6.07, 6.45) is 0.724. The minimum atomic E-state index is -0.660. The van der Waals surface area contributed by atoms with E-state index in [0.717, 1.165) is 41.7 Å². The number of carbonyl (C=O) groups excluding carboxylic acids is 2. The van der Waals surface area contributed by atoms with E-state index in [4.69, 9.17) is 9.47 Å². The molecule has 7 nitrogen and oxygen atoms in total. The van der Waals surface area contributed by atoms with Gasteiger partial charge in [-0.1, -0.05) is 28.1 Å². The van der Waals surface area contributed by atoms with Crippen LogP contribution in [-0.2, 0) is 14.3 Å². The zero-order valence-electron chi connectivity index (χ0n) is 19.4. The van der Waals surface area contributed by atoms with Crippen LogP contribution in [0.2, 0.25) is 0 Å². The Labute approximate surface area is 208 Å². The molecule has 0 spiro atoms. The van der Waals surface area contributed by atoms with E-state index in [1.165, 1.54) is 0 Å². The van der Waals surface area contributed by atoms with Gasteiger partial charge in [-0.05, 0) is 54.8 Å². The van der Waals surface area contributed by atoms with Crippen molar-refractivity contribution in [2.45, 2.75) is 19.4 Å². The van der Waals surface area contributed by atoms with Gasteiger partial charge in [0.2, 0.25) is 0 Å². The van der Waals surface area contributed by atoms with E-state index in [2.05, 4.69) is 20.8 Å². The Morgan fingerprint density at radius 1 is 1.12 bits per heavy atom. The zero-order chi connectivity index (χ0) is 24.2. The maximum absolute atomic E-state index is 13.2. The lowest BCUT2D eigenvalue weighted by Crippen LogP contribution is -2.38. The first kappa shape index (κ1) is 24.4. The molecule has 2 saturated heterocycles. The van der Waals surface area contributed by atoms with Gasteiger partial charge in [-0.25, -0.2) is 0 Å². The summed E-state index contributed by atoms with van der Waals surface area (Å²) in [5.74, 6) is -0.751. The molecule has 2 aromatic carbocycles. The van der Waals surface area contributed by atoms with Crippen molar-refractivity contribution in [3.05, 3.63) is 69.2 Å². The van der Waals surface area contributed by atoms with Gasteiger partial charge in [-0.15, -0.1) is 0 Å². The Balaban J connectivity index is 1.69. The number of nitrogens with zero attached hydrogens (tertiary/aromatic N) is 2. The van der Waals surface area contributed by atoms with Crippen molar-refractivity contribution in [3.63, 3.8) is 0 Å². The molecule has 0 saturated carbocycles. The molecule has 0 aliphatic carbocycles. The second kappa shape index (κ2) is 10.7. The second-order valence-corrected chi connectivity index (χ2v) is 9.45. The number of halogens is 1. The van der Waals surface area contributed by atoms with Crippen LogP contribution < -0.4 is 4.74 Å². The molecule has 2 heterocycles. The Morgan fingerprint density at radius 3 is 2.47 bits per heavy atom. The molecule has 0 aromatic heterocycles. The number of aryl methyl sites for hydroxylation is 1. The first-order chi connectivity index (χ1) is 16.4. The molecule has 2 aliphatic rings. The number of morpholine rings is 1. The van der Waals surface area contributed by atoms with Crippen LogP contribution in [0.3, 0.4) is 0 Å². The highest BCUT2D eigenvalue weighted by molar-refractivity contribution is 9.10. The highest BCUT2D eigenvalue weighted by Gasteiger charge is 2.45. The SMILES string of the molecule is COc1ccc(C(O)=C2C(=O)C(=O)N(CCCN3CCOCC3)C2c2ccc(Br)cc2)c(C)c1. The number of carbonyl (C=O) groups is 2. The first-order valence-electron chi connectivity index (χ1n) is 11.4. The molecule has 1 amide bonds. The number of ketones is 1. The second-order valence-electron chi connectivity index (χ2n) is 8.53. The summed E-state index contributed by atoms with van der Waals surface area (Å²) >= 11 is 3.45. The van der Waals surface area contributed by atoms with E-state index in [1.54, 1.807) is 30.2 Å². The molecule has 180 valence electrons. The van der Waals surface area contributed by atoms with Crippen molar-refractivity contribution in [3.8, 4) is 5.75 Å². The molecule has 2 fully saturated rings. The number of likely N-dealkylation sites (tertiary alicyclic amines) is 1. The number of hydrogen-bond donors (Lipinski definition) is 1. The highest BCUT2D eigenvalue weighted by atomic mass is 79.9. The van der Waals surface area contributed by atoms with Crippen LogP contribution in [0.5, 0.6) is 5.75 Å². The minimum Gasteiger partial charge on any atom is -0.507 e. The van der Waals surface area contributed by atoms with E-state index in [-0.39, 0.29) is 11.3 Å². The largest absolute Gasteiger partial charge is 0.507 e. The molecule has 0 radical (unpaired) electrons. The summed E-state index contributed by atoms with van der Waals surface area (Å²) in [6, 6.07) is 12.1. The number of hydrogen-bond acceptors (Lipinski definition) is 6. The number of Topliss-reactive ketones (excluding diaryl/α,β-unsaturated/α-hetero) is 1. The smallest absolute Gasteiger partial charge is 0.295 e. The van der Waals surface area contributed by atoms with Crippen LogP contribution in [0.1, 0.15) is 29.2 Å². The van der Waals surface area contributed by atoms with Crippen LogP contribution >= 0.6 is 15.9 Å². The molecule has 2 aromatic rings. The Bertz CT molecular complexity index is 1090. The fraction of sp³-hybridized carbons (Fsp3) is 0.385. The van der Waals surface area contributed by atoms with Crippen molar-refractivity contribution in [2.24, 2.45) is 0 Å². The fourth-order valence-corrected chi connectivity index (χ4v) is 4.83. The maximum Gasteiger partial charge on any atom is 0.295 e. The standard InChI is InChI=1S/C26H29BrN2O5/c1-17-16-20(33-2)8-9-21(17)24(30)22-23(18-4-6-19(27)7-5-18)29(26(32)25(22)31)11-3-10-28-12-14-34-15-13-28/h4-9,16,23,30H,3,10-15H2,1-2H3. The van der Waals surface area contributed by atoms with Crippen molar-refractivity contribution < 1.29 is 24.2 Å². The summed E-state index contributed by atoms with van der Waals surface area (Å²) in [5, 5.41) is 11.3. The quantitative estimate of drug-likeness (QED) is 0.333. The average Bonchev–Trinajstić information content (AvgIpc) is 3.09. The van der Waals surface area contributed by atoms with Gasteiger partial charge < -0.3 is 19.5 Å². The van der Waals surface area contributed by atoms with Gasteiger partial charge in [0.15, 0.2) is 0 Å². The van der Waals surface area contributed by atoms with Crippen LogP contribution in [-0.4, -0.2) is 73.1 Å². The summed E-state index contributed by atoms with van der Waals surface area (Å²) < 4.78 is 11.6. The molecule has 8 heteroatoms. The molecule has 4 rings (SSSR count). The molecular formula is C26H29BrN2O5. The summed E-state index contributed by atoms with van der Waals surface area (Å²) in [6.45, 7) is 6.23. The van der Waals surface area contributed by atoms with E-state index in [0.29, 0.717) is 31.1 Å². The van der Waals surface area contributed by atoms with Crippen molar-refractivity contribution in [1.29, 1.82) is 0 Å². The number of aliphatic hydroxyl groups is 1. The first-order valence-corrected chi connectivity index (χ1v) is 12.2. The normalized spacial score (nSPS) is 20.7. The van der Waals surface area contributed by atoms with Crippen LogP contribution in [0.4, 0.5) is 0 Å². The molecule has 1 N–H and O–H groups in total. The van der Waals surface area contributed by atoms with Crippen molar-refractivity contribution in [2.75, 3.05) is 46.5 Å². The predicted octanol–water partition coefficient (Wildman–Crippen LogP) is 3.91. The molecule has 34 heavy (non-hydrogen) atoms. The van der Waals surface area contributed by atoms with Gasteiger partial charge in [-0.3, -0.25) is 14.5 Å². The van der Waals surface area contributed by atoms with Gasteiger partial charge >= 0.3 is 0 Å². The lowest BCUT2D eigenvalue weighted by molar-refractivity contribution is -0.140. The summed E-state index contributed by atoms with van der Waals surface area (Å²) in [4.78, 5) is 30.2. The van der Waals surface area contributed by atoms with E-state index >= 15 is 0 Å². The van der Waals surface area contributed by atoms with Gasteiger partial charge in [-0.2, -0.15) is 0 Å². The molecular weight excluding hydrogens is 500 g/mol. The van der Waals surface area contributed by atoms with E-state index in [9.17, 15) is 14.7 Å². The number of ether oxygens (including phenoxy) is 2. The zero-order valence-corrected chi connectivity index (χ0v) is 21.0. The van der Waals surface area contributed by atoms with Gasteiger partial charge in [0.05, 0.1) is 31.9 Å². The maximum atomic E-state index is 13.2. The third-order valence-electron chi connectivity index (χ3n) is 6.39. The predicted molar refractivity (Wildman–Crippen MR) is 133 cm³/mol. The highest BCUT2D eigenvalue weighted by Crippen LogP contribution is 2.40. The topological polar surface area (TPSA) is 79.3 Å². The number of aliphatic hydroxyl groups excluding tert-OH is 1. The van der Waals surface area contributed by atoms with Crippen LogP contribution in [0, 0.1) is 6.92 Å². The monoisotopic (exact) mass is 528 g/mol. The van der Waals surface area contributed by atoms with Gasteiger partial charge in [0.25, 0.3) is 11.7 Å². The number of benzene rings is 2. The number of methoxy groups -OCH3 is 1. The molecule has 0 bridgehead atoms. The molecule has 2 aliphatic heterocycles. The lowest BCUT2D eigenvalue weighted by atomic mass is 9.94. The minimum absolute atomic E-state index is 0.118.